The molecule has 1 saturated heterocycles. The molecule has 1 amide bonds. The van der Waals surface area contributed by atoms with Crippen LogP contribution < -0.4 is 10.6 Å². The lowest BCUT2D eigenvalue weighted by atomic mass is 10.1. The molecule has 2 aliphatic heterocycles. The Balaban J connectivity index is 1.52. The first-order valence-electron chi connectivity index (χ1n) is 7.04. The Bertz CT molecular complexity index is 467. The van der Waals surface area contributed by atoms with Gasteiger partial charge in [0.25, 0.3) is 5.91 Å². The van der Waals surface area contributed by atoms with Gasteiger partial charge in [-0.15, -0.1) is 0 Å². The van der Waals surface area contributed by atoms with Crippen LogP contribution in [-0.4, -0.2) is 25.0 Å². The zero-order valence-electron chi connectivity index (χ0n) is 11.1. The minimum atomic E-state index is 0.0210. The first kappa shape index (κ1) is 12.6. The number of benzene rings is 1. The third-order valence-electron chi connectivity index (χ3n) is 3.92. The number of fused-ring (bicyclic) bond motifs is 1. The summed E-state index contributed by atoms with van der Waals surface area (Å²) in [6.45, 7) is 3.15. The van der Waals surface area contributed by atoms with Crippen LogP contribution in [0.1, 0.15) is 40.7 Å². The monoisotopic (exact) mass is 260 g/mol. The smallest absolute Gasteiger partial charge is 0.251 e. The van der Waals surface area contributed by atoms with Gasteiger partial charge in [-0.1, -0.05) is 6.07 Å². The fourth-order valence-electron chi connectivity index (χ4n) is 2.78. The molecule has 1 fully saturated rings. The number of carbonyl (C=O) groups is 1. The average Bonchev–Trinajstić information content (AvgIpc) is 3.08. The zero-order chi connectivity index (χ0) is 13.1. The molecular weight excluding hydrogens is 240 g/mol. The van der Waals surface area contributed by atoms with Crippen LogP contribution >= 0.6 is 0 Å². The molecular formula is C15H20N2O2. The molecule has 0 radical (unpaired) electrons. The summed E-state index contributed by atoms with van der Waals surface area (Å²) in [5.41, 5.74) is 3.08. The van der Waals surface area contributed by atoms with Gasteiger partial charge in [0.1, 0.15) is 0 Å². The number of ether oxygens (including phenoxy) is 1. The van der Waals surface area contributed by atoms with Gasteiger partial charge in [-0.3, -0.25) is 4.79 Å². The number of hydrogen-bond donors (Lipinski definition) is 2. The van der Waals surface area contributed by atoms with Gasteiger partial charge in [0.05, 0.1) is 13.2 Å². The number of carbonyl (C=O) groups excluding carboxylic acids is 1. The highest BCUT2D eigenvalue weighted by Crippen LogP contribution is 2.20. The van der Waals surface area contributed by atoms with E-state index in [-0.39, 0.29) is 5.91 Å². The number of nitrogens with one attached hydrogen (secondary N) is 2. The van der Waals surface area contributed by atoms with Crippen molar-refractivity contribution < 1.29 is 9.53 Å². The minimum Gasteiger partial charge on any atom is -0.372 e. The maximum atomic E-state index is 12.0. The highest BCUT2D eigenvalue weighted by Gasteiger charge is 2.16. The number of hydrogen-bond acceptors (Lipinski definition) is 3. The third-order valence-corrected chi connectivity index (χ3v) is 3.92. The van der Waals surface area contributed by atoms with Crippen molar-refractivity contribution in [3.8, 4) is 0 Å². The summed E-state index contributed by atoms with van der Waals surface area (Å²) in [5, 5.41) is 6.43. The van der Waals surface area contributed by atoms with E-state index in [0.717, 1.165) is 30.6 Å². The van der Waals surface area contributed by atoms with Crippen molar-refractivity contribution in [1.82, 2.24) is 10.6 Å². The van der Waals surface area contributed by atoms with E-state index in [1.54, 1.807) is 0 Å². The first-order chi connectivity index (χ1) is 9.33. The van der Waals surface area contributed by atoms with E-state index in [9.17, 15) is 4.79 Å². The summed E-state index contributed by atoms with van der Waals surface area (Å²) in [4.78, 5) is 12.0. The first-order valence-corrected chi connectivity index (χ1v) is 7.04. The molecule has 0 aromatic heterocycles. The van der Waals surface area contributed by atoms with Crippen LogP contribution in [0, 0.1) is 0 Å². The van der Waals surface area contributed by atoms with E-state index in [0.29, 0.717) is 19.3 Å². The summed E-state index contributed by atoms with van der Waals surface area (Å²) in [5.74, 6) is 0.0210. The summed E-state index contributed by atoms with van der Waals surface area (Å²) < 4.78 is 5.36. The molecule has 1 aromatic carbocycles. The zero-order valence-corrected chi connectivity index (χ0v) is 11.1. The molecule has 0 spiro atoms. The Labute approximate surface area is 113 Å². The summed E-state index contributed by atoms with van der Waals surface area (Å²) in [7, 11) is 0. The van der Waals surface area contributed by atoms with Crippen LogP contribution in [0.4, 0.5) is 0 Å². The van der Waals surface area contributed by atoms with E-state index >= 15 is 0 Å². The summed E-state index contributed by atoms with van der Waals surface area (Å²) in [6, 6.07) is 6.41. The van der Waals surface area contributed by atoms with Crippen molar-refractivity contribution in [1.29, 1.82) is 0 Å². The fourth-order valence-corrected chi connectivity index (χ4v) is 2.78. The molecule has 102 valence electrons. The van der Waals surface area contributed by atoms with Crippen LogP contribution in [0.5, 0.6) is 0 Å². The minimum absolute atomic E-state index is 0.0210. The average molecular weight is 260 g/mol. The second kappa shape index (κ2) is 5.72. The molecule has 2 heterocycles. The molecule has 1 atom stereocenters. The van der Waals surface area contributed by atoms with Gasteiger partial charge in [-0.2, -0.15) is 0 Å². The van der Waals surface area contributed by atoms with E-state index in [2.05, 4.69) is 10.6 Å². The van der Waals surface area contributed by atoms with Gasteiger partial charge in [-0.05, 0) is 49.1 Å². The Morgan fingerprint density at radius 2 is 2.26 bits per heavy atom. The third kappa shape index (κ3) is 2.96. The molecule has 0 saturated carbocycles. The normalized spacial score (nSPS) is 21.4. The largest absolute Gasteiger partial charge is 0.372 e. The lowest BCUT2D eigenvalue weighted by Gasteiger charge is -2.11. The summed E-state index contributed by atoms with van der Waals surface area (Å²) >= 11 is 0. The maximum absolute atomic E-state index is 12.0. The van der Waals surface area contributed by atoms with Gasteiger partial charge >= 0.3 is 0 Å². The van der Waals surface area contributed by atoms with Crippen molar-refractivity contribution in [2.75, 3.05) is 13.1 Å². The van der Waals surface area contributed by atoms with Crippen molar-refractivity contribution >= 4 is 5.91 Å². The molecule has 3 rings (SSSR count). The Hall–Kier alpha value is -1.39. The number of amides is 1. The van der Waals surface area contributed by atoms with Crippen molar-refractivity contribution in [3.05, 3.63) is 34.9 Å². The Kier molecular flexibility index (Phi) is 3.80. The highest BCUT2D eigenvalue weighted by molar-refractivity contribution is 5.94. The molecule has 0 aliphatic carbocycles. The van der Waals surface area contributed by atoms with Gasteiger partial charge in [0.2, 0.25) is 0 Å². The molecule has 1 aromatic rings. The Morgan fingerprint density at radius 3 is 3.11 bits per heavy atom. The molecule has 2 aliphatic rings. The molecule has 4 heteroatoms. The highest BCUT2D eigenvalue weighted by atomic mass is 16.5. The van der Waals surface area contributed by atoms with Crippen molar-refractivity contribution in [3.63, 3.8) is 0 Å². The molecule has 1 unspecified atom stereocenters. The molecule has 0 bridgehead atoms. The maximum Gasteiger partial charge on any atom is 0.251 e. The van der Waals surface area contributed by atoms with Gasteiger partial charge in [0.15, 0.2) is 0 Å². The van der Waals surface area contributed by atoms with Crippen LogP contribution in [0.15, 0.2) is 18.2 Å². The predicted octanol–water partition coefficient (Wildman–Crippen LogP) is 1.59. The van der Waals surface area contributed by atoms with E-state index < -0.39 is 0 Å². The van der Waals surface area contributed by atoms with Crippen LogP contribution in [-0.2, 0) is 18.0 Å². The SMILES string of the molecule is O=C(NCCC1CCCN1)c1ccc2c(c1)COC2. The van der Waals surface area contributed by atoms with Crippen LogP contribution in [0.2, 0.25) is 0 Å². The molecule has 4 nitrogen and oxygen atoms in total. The predicted molar refractivity (Wildman–Crippen MR) is 72.9 cm³/mol. The van der Waals surface area contributed by atoms with Gasteiger partial charge in [-0.25, -0.2) is 0 Å². The number of rotatable bonds is 4. The topological polar surface area (TPSA) is 50.4 Å². The van der Waals surface area contributed by atoms with E-state index in [1.807, 2.05) is 18.2 Å². The van der Waals surface area contributed by atoms with Crippen LogP contribution in [0.25, 0.3) is 0 Å². The lowest BCUT2D eigenvalue weighted by Crippen LogP contribution is -2.30. The second-order valence-corrected chi connectivity index (χ2v) is 5.31. The Morgan fingerprint density at radius 1 is 1.37 bits per heavy atom. The standard InChI is InChI=1S/C15H20N2O2/c18-15(17-7-5-14-2-1-6-16-14)11-3-4-12-9-19-10-13(12)8-11/h3-4,8,14,16H,1-2,5-7,9-10H2,(H,17,18). The van der Waals surface area contributed by atoms with Gasteiger partial charge in [0, 0.05) is 18.2 Å². The molecule has 19 heavy (non-hydrogen) atoms. The molecule has 2 N–H and O–H groups in total. The summed E-state index contributed by atoms with van der Waals surface area (Å²) in [6.07, 6.45) is 3.50. The van der Waals surface area contributed by atoms with E-state index in [1.165, 1.54) is 18.4 Å². The fraction of sp³-hybridized carbons (Fsp3) is 0.533. The second-order valence-electron chi connectivity index (χ2n) is 5.31. The van der Waals surface area contributed by atoms with Crippen molar-refractivity contribution in [2.24, 2.45) is 0 Å². The van der Waals surface area contributed by atoms with Gasteiger partial charge < -0.3 is 15.4 Å². The quantitative estimate of drug-likeness (QED) is 0.864. The lowest BCUT2D eigenvalue weighted by molar-refractivity contribution is 0.0952. The van der Waals surface area contributed by atoms with E-state index in [4.69, 9.17) is 4.74 Å². The van der Waals surface area contributed by atoms with Crippen molar-refractivity contribution in [2.45, 2.75) is 38.5 Å². The van der Waals surface area contributed by atoms with Crippen LogP contribution in [0.3, 0.4) is 0 Å².